The van der Waals surface area contributed by atoms with Crippen molar-refractivity contribution in [2.45, 2.75) is 96.2 Å². The summed E-state index contributed by atoms with van der Waals surface area (Å²) in [5.41, 5.74) is 0.637. The first kappa shape index (κ1) is 21.0. The molecule has 0 saturated carbocycles. The zero-order chi connectivity index (χ0) is 18.5. The van der Waals surface area contributed by atoms with Crippen molar-refractivity contribution < 1.29 is 14.3 Å². The van der Waals surface area contributed by atoms with Crippen molar-refractivity contribution in [1.82, 2.24) is 0 Å². The van der Waals surface area contributed by atoms with Gasteiger partial charge in [0.1, 0.15) is 0 Å². The lowest BCUT2D eigenvalue weighted by Gasteiger charge is -2.05. The fraction of sp³-hybridized carbons (Fsp3) is 0.696. The van der Waals surface area contributed by atoms with E-state index in [2.05, 4.69) is 6.92 Å². The van der Waals surface area contributed by atoms with Crippen LogP contribution < -0.4 is 0 Å². The zero-order valence-electron chi connectivity index (χ0n) is 16.5. The Morgan fingerprint density at radius 1 is 0.846 bits per heavy atom. The van der Waals surface area contributed by atoms with E-state index >= 15 is 0 Å². The van der Waals surface area contributed by atoms with Gasteiger partial charge in [-0.1, -0.05) is 82.9 Å². The summed E-state index contributed by atoms with van der Waals surface area (Å²) in [4.78, 5) is 11.8. The fourth-order valence-electron chi connectivity index (χ4n) is 3.44. The van der Waals surface area contributed by atoms with Crippen LogP contribution in [0, 0.1) is 0 Å². The van der Waals surface area contributed by atoms with E-state index in [-0.39, 0.29) is 5.97 Å². The Bertz CT molecular complexity index is 485. The van der Waals surface area contributed by atoms with Gasteiger partial charge in [0.2, 0.25) is 0 Å². The molecule has 2 rings (SSSR count). The lowest BCUT2D eigenvalue weighted by atomic mass is 10.0. The van der Waals surface area contributed by atoms with Gasteiger partial charge in [0.25, 0.3) is 0 Å². The molecule has 3 heteroatoms. The molecule has 1 heterocycles. The Kier molecular flexibility index (Phi) is 10.4. The smallest absolute Gasteiger partial charge is 0.338 e. The lowest BCUT2D eigenvalue weighted by Crippen LogP contribution is -2.06. The Hall–Kier alpha value is -1.35. The molecule has 0 N–H and O–H groups in total. The maximum Gasteiger partial charge on any atom is 0.338 e. The van der Waals surface area contributed by atoms with Gasteiger partial charge < -0.3 is 9.47 Å². The van der Waals surface area contributed by atoms with Gasteiger partial charge in [0, 0.05) is 0 Å². The molecule has 0 spiro atoms. The Morgan fingerprint density at radius 3 is 2.08 bits per heavy atom. The number of benzene rings is 1. The maximum absolute atomic E-state index is 11.8. The van der Waals surface area contributed by atoms with Crippen molar-refractivity contribution >= 4 is 5.97 Å². The van der Waals surface area contributed by atoms with E-state index in [1.165, 1.54) is 64.2 Å². The number of rotatable bonds is 15. The molecule has 3 nitrogen and oxygen atoms in total. The Balaban J connectivity index is 1.33. The molecule has 2 atom stereocenters. The highest BCUT2D eigenvalue weighted by Crippen LogP contribution is 2.31. The minimum atomic E-state index is -0.209. The first-order valence-electron chi connectivity index (χ1n) is 10.7. The number of hydrogen-bond donors (Lipinski definition) is 0. The molecule has 0 aliphatic carbocycles. The summed E-state index contributed by atoms with van der Waals surface area (Å²) in [7, 11) is 0. The van der Waals surface area contributed by atoms with Gasteiger partial charge in [-0.25, -0.2) is 4.79 Å². The van der Waals surface area contributed by atoms with Crippen molar-refractivity contribution in [1.29, 1.82) is 0 Å². The molecule has 0 radical (unpaired) electrons. The third kappa shape index (κ3) is 8.84. The van der Waals surface area contributed by atoms with Crippen molar-refractivity contribution in [3.05, 3.63) is 35.9 Å². The second-order valence-corrected chi connectivity index (χ2v) is 7.47. The van der Waals surface area contributed by atoms with Crippen LogP contribution in [0.3, 0.4) is 0 Å². The fourth-order valence-corrected chi connectivity index (χ4v) is 3.44. The van der Waals surface area contributed by atoms with E-state index in [0.717, 1.165) is 12.8 Å². The van der Waals surface area contributed by atoms with Crippen LogP contribution in [0.15, 0.2) is 30.3 Å². The molecule has 26 heavy (non-hydrogen) atoms. The van der Waals surface area contributed by atoms with Crippen molar-refractivity contribution in [2.75, 3.05) is 6.61 Å². The number of carbonyl (C=O) groups is 1. The molecule has 0 bridgehead atoms. The molecular formula is C23H36O3. The number of carbonyl (C=O) groups excluding carboxylic acids is 1. The molecule has 2 unspecified atom stereocenters. The molecule has 1 aliphatic heterocycles. The van der Waals surface area contributed by atoms with Gasteiger partial charge >= 0.3 is 5.97 Å². The van der Waals surface area contributed by atoms with Gasteiger partial charge in [-0.2, -0.15) is 0 Å². The van der Waals surface area contributed by atoms with Crippen LogP contribution in [0.25, 0.3) is 0 Å². The number of hydrogen-bond acceptors (Lipinski definition) is 3. The number of esters is 1. The molecule has 146 valence electrons. The van der Waals surface area contributed by atoms with Gasteiger partial charge in [-0.05, 0) is 31.4 Å². The van der Waals surface area contributed by atoms with Crippen LogP contribution in [0.5, 0.6) is 0 Å². The summed E-state index contributed by atoms with van der Waals surface area (Å²) in [6.45, 7) is 2.79. The van der Waals surface area contributed by atoms with E-state index < -0.39 is 0 Å². The summed E-state index contributed by atoms with van der Waals surface area (Å²) < 4.78 is 11.1. The average molecular weight is 361 g/mol. The molecule has 1 aliphatic rings. The second-order valence-electron chi connectivity index (χ2n) is 7.47. The third-order valence-corrected chi connectivity index (χ3v) is 5.16. The first-order chi connectivity index (χ1) is 12.8. The average Bonchev–Trinajstić information content (AvgIpc) is 3.42. The molecule has 1 aromatic rings. The predicted molar refractivity (Wildman–Crippen MR) is 106 cm³/mol. The standard InChI is InChI=1S/C23H36O3/c1-2-3-4-12-17-21-22(26-21)18-13-7-5-6-8-14-19-25-23(24)20-15-10-9-11-16-20/h9-11,15-16,21-22H,2-8,12-14,17-19H2,1H3. The summed E-state index contributed by atoms with van der Waals surface area (Å²) in [5, 5.41) is 0. The highest BCUT2D eigenvalue weighted by atomic mass is 16.6. The van der Waals surface area contributed by atoms with E-state index in [4.69, 9.17) is 9.47 Å². The van der Waals surface area contributed by atoms with Crippen LogP contribution in [0.1, 0.15) is 94.3 Å². The Labute approximate surface area is 159 Å². The van der Waals surface area contributed by atoms with Crippen LogP contribution in [0.4, 0.5) is 0 Å². The van der Waals surface area contributed by atoms with Crippen LogP contribution in [-0.2, 0) is 9.47 Å². The second kappa shape index (κ2) is 12.9. The monoisotopic (exact) mass is 360 g/mol. The Morgan fingerprint density at radius 2 is 1.42 bits per heavy atom. The van der Waals surface area contributed by atoms with Gasteiger partial charge in [-0.3, -0.25) is 0 Å². The van der Waals surface area contributed by atoms with Crippen molar-refractivity contribution in [3.8, 4) is 0 Å². The number of unbranched alkanes of at least 4 members (excludes halogenated alkanes) is 8. The minimum absolute atomic E-state index is 0.209. The SMILES string of the molecule is CCCCCCC1OC1CCCCCCCCOC(=O)c1ccccc1. The number of epoxide rings is 1. The van der Waals surface area contributed by atoms with Gasteiger partial charge in [0.15, 0.2) is 0 Å². The van der Waals surface area contributed by atoms with E-state index in [1.807, 2.05) is 18.2 Å². The van der Waals surface area contributed by atoms with Crippen LogP contribution in [-0.4, -0.2) is 24.8 Å². The highest BCUT2D eigenvalue weighted by Gasteiger charge is 2.36. The van der Waals surface area contributed by atoms with Crippen LogP contribution >= 0.6 is 0 Å². The molecule has 1 saturated heterocycles. The minimum Gasteiger partial charge on any atom is -0.462 e. The van der Waals surface area contributed by atoms with Crippen molar-refractivity contribution in [3.63, 3.8) is 0 Å². The number of ether oxygens (including phenoxy) is 2. The largest absolute Gasteiger partial charge is 0.462 e. The topological polar surface area (TPSA) is 38.8 Å². The summed E-state index contributed by atoms with van der Waals surface area (Å²) in [6, 6.07) is 9.21. The van der Waals surface area contributed by atoms with Gasteiger partial charge in [-0.15, -0.1) is 0 Å². The highest BCUT2D eigenvalue weighted by molar-refractivity contribution is 5.89. The van der Waals surface area contributed by atoms with Gasteiger partial charge in [0.05, 0.1) is 24.4 Å². The summed E-state index contributed by atoms with van der Waals surface area (Å²) in [6.07, 6.45) is 16.2. The van der Waals surface area contributed by atoms with E-state index in [0.29, 0.717) is 24.4 Å². The normalized spacial score (nSPS) is 18.7. The summed E-state index contributed by atoms with van der Waals surface area (Å²) in [5.74, 6) is -0.209. The quantitative estimate of drug-likeness (QED) is 0.209. The molecule has 1 aromatic carbocycles. The molecule has 1 fully saturated rings. The van der Waals surface area contributed by atoms with Crippen molar-refractivity contribution in [2.24, 2.45) is 0 Å². The lowest BCUT2D eigenvalue weighted by molar-refractivity contribution is 0.0497. The molecule has 0 amide bonds. The van der Waals surface area contributed by atoms with Crippen LogP contribution in [0.2, 0.25) is 0 Å². The summed E-state index contributed by atoms with van der Waals surface area (Å²) >= 11 is 0. The van der Waals surface area contributed by atoms with E-state index in [1.54, 1.807) is 12.1 Å². The first-order valence-corrected chi connectivity index (χ1v) is 10.7. The maximum atomic E-state index is 11.8. The molecule has 0 aromatic heterocycles. The third-order valence-electron chi connectivity index (χ3n) is 5.16. The predicted octanol–water partition coefficient (Wildman–Crippen LogP) is 6.31. The molecular weight excluding hydrogens is 324 g/mol. The zero-order valence-corrected chi connectivity index (χ0v) is 16.5. The van der Waals surface area contributed by atoms with E-state index in [9.17, 15) is 4.79 Å².